The molecule has 21 heavy (non-hydrogen) atoms. The third kappa shape index (κ3) is 2.69. The van der Waals surface area contributed by atoms with Gasteiger partial charge in [0.2, 0.25) is 0 Å². The van der Waals surface area contributed by atoms with Gasteiger partial charge in [0.05, 0.1) is 5.54 Å². The second-order valence-corrected chi connectivity index (χ2v) is 6.51. The summed E-state index contributed by atoms with van der Waals surface area (Å²) in [6.45, 7) is 5.90. The van der Waals surface area contributed by atoms with Crippen molar-refractivity contribution in [3.05, 3.63) is 52.1 Å². The first-order valence-electron chi connectivity index (χ1n) is 6.78. The third-order valence-electron chi connectivity index (χ3n) is 3.40. The molecule has 0 aliphatic carbocycles. The van der Waals surface area contributed by atoms with Crippen LogP contribution in [0.4, 0.5) is 0 Å². The van der Waals surface area contributed by atoms with Gasteiger partial charge in [0.25, 0.3) is 5.91 Å². The predicted octanol–water partition coefficient (Wildman–Crippen LogP) is 3.60. The molecular weight excluding hydrogens is 282 g/mol. The first-order valence-corrected chi connectivity index (χ1v) is 7.66. The number of aromatic nitrogens is 2. The number of benzene rings is 1. The monoisotopic (exact) mass is 299 g/mol. The average Bonchev–Trinajstić information content (AvgIpc) is 3.05. The lowest BCUT2D eigenvalue weighted by Crippen LogP contribution is -2.40. The van der Waals surface area contributed by atoms with Crippen molar-refractivity contribution in [3.63, 3.8) is 0 Å². The van der Waals surface area contributed by atoms with Gasteiger partial charge in [-0.1, -0.05) is 0 Å². The summed E-state index contributed by atoms with van der Waals surface area (Å²) >= 11 is 1.57. The number of aromatic amines is 1. The van der Waals surface area contributed by atoms with Crippen molar-refractivity contribution in [3.8, 4) is 0 Å². The van der Waals surface area contributed by atoms with Crippen LogP contribution >= 0.6 is 11.3 Å². The minimum atomic E-state index is -0.483. The molecule has 1 aromatic carbocycles. The molecule has 4 nitrogen and oxygen atoms in total. The molecule has 2 heterocycles. The Morgan fingerprint density at radius 1 is 1.33 bits per heavy atom. The topological polar surface area (TPSA) is 57.8 Å². The quantitative estimate of drug-likeness (QED) is 0.776. The zero-order valence-corrected chi connectivity index (χ0v) is 13.0. The lowest BCUT2D eigenvalue weighted by molar-refractivity contribution is 0.0912. The minimum absolute atomic E-state index is 0.0871. The highest BCUT2D eigenvalue weighted by Crippen LogP contribution is 2.24. The van der Waals surface area contributed by atoms with E-state index in [2.05, 4.69) is 15.3 Å². The van der Waals surface area contributed by atoms with Crippen LogP contribution in [0.5, 0.6) is 0 Å². The Balaban J connectivity index is 1.84. The van der Waals surface area contributed by atoms with Gasteiger partial charge in [-0.15, -0.1) is 11.3 Å². The van der Waals surface area contributed by atoms with Crippen molar-refractivity contribution in [2.24, 2.45) is 0 Å². The standard InChI is InChI=1S/C16H17N3OS/c1-10-9-21-15(18-10)16(2,3)19-14(20)12-4-5-13-11(8-12)6-7-17-13/h4-9,17H,1-3H3,(H,19,20). The molecule has 0 unspecified atom stereocenters. The maximum Gasteiger partial charge on any atom is 0.252 e. The summed E-state index contributed by atoms with van der Waals surface area (Å²) in [7, 11) is 0. The van der Waals surface area contributed by atoms with Crippen LogP contribution in [-0.2, 0) is 5.54 Å². The fraction of sp³-hybridized carbons (Fsp3) is 0.250. The number of nitrogens with one attached hydrogen (secondary N) is 2. The molecule has 0 atom stereocenters. The Morgan fingerprint density at radius 2 is 2.14 bits per heavy atom. The number of H-pyrrole nitrogens is 1. The molecule has 0 aliphatic heterocycles. The maximum atomic E-state index is 12.5. The SMILES string of the molecule is Cc1csc(C(C)(C)NC(=O)c2ccc3[nH]ccc3c2)n1. The van der Waals surface area contributed by atoms with Crippen LogP contribution in [0.25, 0.3) is 10.9 Å². The van der Waals surface area contributed by atoms with Crippen LogP contribution in [-0.4, -0.2) is 15.9 Å². The Bertz CT molecular complexity index is 801. The van der Waals surface area contributed by atoms with Crippen molar-refractivity contribution in [1.29, 1.82) is 0 Å². The lowest BCUT2D eigenvalue weighted by atomic mass is 10.1. The van der Waals surface area contributed by atoms with Gasteiger partial charge >= 0.3 is 0 Å². The molecule has 108 valence electrons. The predicted molar refractivity (Wildman–Crippen MR) is 85.6 cm³/mol. The largest absolute Gasteiger partial charge is 0.361 e. The number of thiazole rings is 1. The molecular formula is C16H17N3OS. The summed E-state index contributed by atoms with van der Waals surface area (Å²) in [4.78, 5) is 20.1. The molecule has 0 aliphatic rings. The Hall–Kier alpha value is -2.14. The molecule has 0 saturated carbocycles. The molecule has 2 aromatic heterocycles. The van der Waals surface area contributed by atoms with E-state index in [0.717, 1.165) is 21.6 Å². The summed E-state index contributed by atoms with van der Waals surface area (Å²) in [5.74, 6) is -0.0871. The van der Waals surface area contributed by atoms with E-state index in [4.69, 9.17) is 0 Å². The average molecular weight is 299 g/mol. The molecule has 0 spiro atoms. The molecule has 0 saturated heterocycles. The van der Waals surface area contributed by atoms with Crippen molar-refractivity contribution in [2.45, 2.75) is 26.3 Å². The lowest BCUT2D eigenvalue weighted by Gasteiger charge is -2.23. The molecule has 0 bridgehead atoms. The van der Waals surface area contributed by atoms with Crippen molar-refractivity contribution < 1.29 is 4.79 Å². The van der Waals surface area contributed by atoms with E-state index >= 15 is 0 Å². The van der Waals surface area contributed by atoms with Crippen LogP contribution < -0.4 is 5.32 Å². The number of rotatable bonds is 3. The zero-order valence-electron chi connectivity index (χ0n) is 12.2. The van der Waals surface area contributed by atoms with Crippen LogP contribution in [0.3, 0.4) is 0 Å². The van der Waals surface area contributed by atoms with Gasteiger partial charge in [0.1, 0.15) is 5.01 Å². The van der Waals surface area contributed by atoms with Gasteiger partial charge in [-0.05, 0) is 45.0 Å². The summed E-state index contributed by atoms with van der Waals surface area (Å²) in [5, 5.41) is 7.00. The first kappa shape index (κ1) is 13.8. The fourth-order valence-corrected chi connectivity index (χ4v) is 3.12. The number of hydrogen-bond donors (Lipinski definition) is 2. The maximum absolute atomic E-state index is 12.5. The van der Waals surface area contributed by atoms with E-state index in [1.54, 1.807) is 11.3 Å². The molecule has 0 radical (unpaired) electrons. The number of hydrogen-bond acceptors (Lipinski definition) is 3. The highest BCUT2D eigenvalue weighted by Gasteiger charge is 2.26. The van der Waals surface area contributed by atoms with Gasteiger partial charge in [0, 0.05) is 33.7 Å². The van der Waals surface area contributed by atoms with Crippen molar-refractivity contribution in [1.82, 2.24) is 15.3 Å². The molecule has 0 fully saturated rings. The number of amides is 1. The summed E-state index contributed by atoms with van der Waals surface area (Å²) in [6, 6.07) is 7.61. The number of carbonyl (C=O) groups excluding carboxylic acids is 1. The molecule has 2 N–H and O–H groups in total. The van der Waals surface area contributed by atoms with E-state index < -0.39 is 5.54 Å². The minimum Gasteiger partial charge on any atom is -0.361 e. The van der Waals surface area contributed by atoms with Gasteiger partial charge < -0.3 is 10.3 Å². The summed E-state index contributed by atoms with van der Waals surface area (Å²) in [5.41, 5.74) is 2.18. The highest BCUT2D eigenvalue weighted by atomic mass is 32.1. The van der Waals surface area contributed by atoms with Crippen molar-refractivity contribution >= 4 is 28.1 Å². The fourth-order valence-electron chi connectivity index (χ4n) is 2.25. The Labute approximate surface area is 127 Å². The second kappa shape index (κ2) is 5.00. The molecule has 1 amide bonds. The van der Waals surface area contributed by atoms with E-state index in [-0.39, 0.29) is 5.91 Å². The third-order valence-corrected chi connectivity index (χ3v) is 4.68. The molecule has 5 heteroatoms. The van der Waals surface area contributed by atoms with Crippen LogP contribution in [0.2, 0.25) is 0 Å². The van der Waals surface area contributed by atoms with E-state index in [1.807, 2.05) is 56.6 Å². The number of nitrogens with zero attached hydrogens (tertiary/aromatic N) is 1. The molecule has 3 aromatic rings. The first-order chi connectivity index (χ1) is 9.95. The van der Waals surface area contributed by atoms with Crippen molar-refractivity contribution in [2.75, 3.05) is 0 Å². The highest BCUT2D eigenvalue weighted by molar-refractivity contribution is 7.09. The van der Waals surface area contributed by atoms with Crippen LogP contribution in [0, 0.1) is 6.92 Å². The zero-order chi connectivity index (χ0) is 15.0. The number of carbonyl (C=O) groups is 1. The van der Waals surface area contributed by atoms with Crippen LogP contribution in [0.15, 0.2) is 35.8 Å². The van der Waals surface area contributed by atoms with Gasteiger partial charge in [0.15, 0.2) is 0 Å². The number of fused-ring (bicyclic) bond motifs is 1. The van der Waals surface area contributed by atoms with Crippen LogP contribution in [0.1, 0.15) is 34.9 Å². The summed E-state index contributed by atoms with van der Waals surface area (Å²) in [6.07, 6.45) is 1.87. The van der Waals surface area contributed by atoms with E-state index in [0.29, 0.717) is 5.56 Å². The second-order valence-electron chi connectivity index (χ2n) is 5.65. The smallest absolute Gasteiger partial charge is 0.252 e. The Kier molecular flexibility index (Phi) is 3.29. The van der Waals surface area contributed by atoms with Gasteiger partial charge in [-0.3, -0.25) is 4.79 Å². The number of aryl methyl sites for hydroxylation is 1. The van der Waals surface area contributed by atoms with E-state index in [1.165, 1.54) is 0 Å². The van der Waals surface area contributed by atoms with Gasteiger partial charge in [-0.25, -0.2) is 4.98 Å². The van der Waals surface area contributed by atoms with Gasteiger partial charge in [-0.2, -0.15) is 0 Å². The summed E-state index contributed by atoms with van der Waals surface area (Å²) < 4.78 is 0. The van der Waals surface area contributed by atoms with E-state index in [9.17, 15) is 4.79 Å². The normalized spacial score (nSPS) is 11.8. The Morgan fingerprint density at radius 3 is 2.86 bits per heavy atom. The molecule has 3 rings (SSSR count).